The molecule has 2 aliphatic rings. The number of allylic oxidation sites excluding steroid dienone is 2. The zero-order chi connectivity index (χ0) is 13.5. The first-order valence-corrected chi connectivity index (χ1v) is 7.11. The van der Waals surface area contributed by atoms with E-state index in [0.29, 0.717) is 23.7 Å². The smallest absolute Gasteiger partial charge is 0.159 e. The Morgan fingerprint density at radius 3 is 2.61 bits per heavy atom. The normalized spacial score (nSPS) is 40.6. The minimum absolute atomic E-state index is 0.199. The van der Waals surface area contributed by atoms with Crippen molar-refractivity contribution in [3.63, 3.8) is 0 Å². The molecule has 0 aromatic rings. The summed E-state index contributed by atoms with van der Waals surface area (Å²) < 4.78 is 5.62. The van der Waals surface area contributed by atoms with Gasteiger partial charge in [0.15, 0.2) is 5.78 Å². The van der Waals surface area contributed by atoms with Gasteiger partial charge in [-0.3, -0.25) is 4.79 Å². The van der Waals surface area contributed by atoms with E-state index in [-0.39, 0.29) is 5.41 Å². The molecule has 0 saturated heterocycles. The Hall–Kier alpha value is -0.630. The monoisotopic (exact) mass is 250 g/mol. The molecule has 0 bridgehead atoms. The van der Waals surface area contributed by atoms with Gasteiger partial charge in [0.2, 0.25) is 0 Å². The molecular formula is C16H26O2. The fourth-order valence-electron chi connectivity index (χ4n) is 4.09. The van der Waals surface area contributed by atoms with Gasteiger partial charge in [-0.15, -0.1) is 0 Å². The number of fused-ring (bicyclic) bond motifs is 1. The van der Waals surface area contributed by atoms with E-state index in [1.165, 1.54) is 5.57 Å². The highest BCUT2D eigenvalue weighted by atomic mass is 16.5. The lowest BCUT2D eigenvalue weighted by atomic mass is 9.55. The van der Waals surface area contributed by atoms with E-state index in [1.54, 1.807) is 0 Å². The van der Waals surface area contributed by atoms with E-state index < -0.39 is 0 Å². The Kier molecular flexibility index (Phi) is 3.68. The molecule has 2 aliphatic carbocycles. The number of hydrogen-bond donors (Lipinski definition) is 0. The lowest BCUT2D eigenvalue weighted by molar-refractivity contribution is -0.127. The topological polar surface area (TPSA) is 26.3 Å². The Labute approximate surface area is 111 Å². The van der Waals surface area contributed by atoms with Crippen LogP contribution in [-0.2, 0) is 9.53 Å². The number of carbonyl (C=O) groups is 1. The summed E-state index contributed by atoms with van der Waals surface area (Å²) in [7, 11) is 1.82. The van der Waals surface area contributed by atoms with Crippen molar-refractivity contribution in [2.75, 3.05) is 7.11 Å². The molecule has 18 heavy (non-hydrogen) atoms. The van der Waals surface area contributed by atoms with Crippen LogP contribution in [0.5, 0.6) is 0 Å². The highest BCUT2D eigenvalue weighted by Gasteiger charge is 2.49. The van der Waals surface area contributed by atoms with E-state index >= 15 is 0 Å². The number of Topliss-reactive ketones (excluding diaryl/α,β-unsaturated/α-hetero) is 1. The zero-order valence-electron chi connectivity index (χ0n) is 12.4. The number of ether oxygens (including phenoxy) is 1. The van der Waals surface area contributed by atoms with E-state index in [1.807, 2.05) is 7.11 Å². The Bertz CT molecular complexity index is 379. The Morgan fingerprint density at radius 2 is 2.06 bits per heavy atom. The summed E-state index contributed by atoms with van der Waals surface area (Å²) in [5, 5.41) is 0. The Morgan fingerprint density at radius 1 is 1.39 bits per heavy atom. The fraction of sp³-hybridized carbons (Fsp3) is 0.812. The summed E-state index contributed by atoms with van der Waals surface area (Å²) in [4.78, 5) is 12.3. The first kappa shape index (κ1) is 13.8. The highest BCUT2D eigenvalue weighted by Crippen LogP contribution is 2.53. The molecule has 0 aromatic carbocycles. The first-order valence-electron chi connectivity index (χ1n) is 7.11. The standard InChI is InChI=1S/C16H26O2/c1-10(2)12-8-13-11(3)15(18-5)6-7-16(13,4)9-14(12)17/h11,13,15H,6-9H2,1-5H3/t11-,13-,15?,16+/m0/s1. The van der Waals surface area contributed by atoms with Crippen molar-refractivity contribution in [3.8, 4) is 0 Å². The molecule has 0 aliphatic heterocycles. The van der Waals surface area contributed by atoms with Crippen molar-refractivity contribution >= 4 is 5.78 Å². The van der Waals surface area contributed by atoms with E-state index in [2.05, 4.69) is 27.7 Å². The molecule has 2 saturated carbocycles. The predicted molar refractivity (Wildman–Crippen MR) is 73.4 cm³/mol. The molecule has 102 valence electrons. The quantitative estimate of drug-likeness (QED) is 0.662. The fourth-order valence-corrected chi connectivity index (χ4v) is 4.09. The molecule has 0 spiro atoms. The van der Waals surface area contributed by atoms with Crippen LogP contribution >= 0.6 is 0 Å². The Balaban J connectivity index is 2.30. The zero-order valence-corrected chi connectivity index (χ0v) is 12.4. The van der Waals surface area contributed by atoms with Gasteiger partial charge in [0, 0.05) is 13.5 Å². The molecule has 2 heteroatoms. The molecule has 4 atom stereocenters. The van der Waals surface area contributed by atoms with Crippen molar-refractivity contribution in [1.82, 2.24) is 0 Å². The lowest BCUT2D eigenvalue weighted by Crippen LogP contribution is -2.47. The maximum atomic E-state index is 12.3. The SMILES string of the molecule is COC1CC[C@]2(C)CC(=O)C(=C(C)C)C[C@H]2[C@@H]1C. The summed E-state index contributed by atoms with van der Waals surface area (Å²) in [5.74, 6) is 1.53. The second-order valence-corrected chi connectivity index (χ2v) is 6.72. The molecule has 2 nitrogen and oxygen atoms in total. The van der Waals surface area contributed by atoms with Crippen LogP contribution < -0.4 is 0 Å². The van der Waals surface area contributed by atoms with Crippen molar-refractivity contribution in [2.24, 2.45) is 17.3 Å². The van der Waals surface area contributed by atoms with Crippen LogP contribution in [0.15, 0.2) is 11.1 Å². The van der Waals surface area contributed by atoms with Crippen LogP contribution in [0.2, 0.25) is 0 Å². The number of rotatable bonds is 1. The highest BCUT2D eigenvalue weighted by molar-refractivity contribution is 5.97. The summed E-state index contributed by atoms with van der Waals surface area (Å²) in [6, 6.07) is 0. The lowest BCUT2D eigenvalue weighted by Gasteiger charge is -2.51. The van der Waals surface area contributed by atoms with Crippen molar-refractivity contribution < 1.29 is 9.53 Å². The molecule has 2 fully saturated rings. The van der Waals surface area contributed by atoms with E-state index in [9.17, 15) is 4.79 Å². The van der Waals surface area contributed by atoms with Crippen LogP contribution in [0, 0.1) is 17.3 Å². The third-order valence-corrected chi connectivity index (χ3v) is 5.35. The largest absolute Gasteiger partial charge is 0.381 e. The van der Waals surface area contributed by atoms with Crippen LogP contribution in [0.3, 0.4) is 0 Å². The van der Waals surface area contributed by atoms with Gasteiger partial charge in [-0.2, -0.15) is 0 Å². The predicted octanol–water partition coefficient (Wildman–Crippen LogP) is 3.75. The number of methoxy groups -OCH3 is 1. The molecular weight excluding hydrogens is 224 g/mol. The maximum absolute atomic E-state index is 12.3. The average Bonchev–Trinajstić information content (AvgIpc) is 2.28. The summed E-state index contributed by atoms with van der Waals surface area (Å²) in [6.07, 6.45) is 4.29. The van der Waals surface area contributed by atoms with Gasteiger partial charge in [0.05, 0.1) is 6.10 Å². The van der Waals surface area contributed by atoms with Gasteiger partial charge in [0.1, 0.15) is 0 Å². The third kappa shape index (κ3) is 2.16. The van der Waals surface area contributed by atoms with Gasteiger partial charge in [-0.05, 0) is 55.9 Å². The molecule has 0 radical (unpaired) electrons. The van der Waals surface area contributed by atoms with E-state index in [0.717, 1.165) is 31.3 Å². The van der Waals surface area contributed by atoms with Gasteiger partial charge < -0.3 is 4.74 Å². The van der Waals surface area contributed by atoms with Gasteiger partial charge >= 0.3 is 0 Å². The van der Waals surface area contributed by atoms with Crippen LogP contribution in [0.4, 0.5) is 0 Å². The number of ketones is 1. The third-order valence-electron chi connectivity index (χ3n) is 5.35. The van der Waals surface area contributed by atoms with Crippen molar-refractivity contribution in [3.05, 3.63) is 11.1 Å². The number of carbonyl (C=O) groups excluding carboxylic acids is 1. The minimum Gasteiger partial charge on any atom is -0.381 e. The van der Waals surface area contributed by atoms with Crippen molar-refractivity contribution in [2.45, 2.75) is 59.5 Å². The number of hydrogen-bond acceptors (Lipinski definition) is 2. The first-order chi connectivity index (χ1) is 8.39. The second-order valence-electron chi connectivity index (χ2n) is 6.72. The molecule has 1 unspecified atom stereocenters. The van der Waals surface area contributed by atoms with Gasteiger partial charge in [-0.25, -0.2) is 0 Å². The molecule has 2 rings (SSSR count). The van der Waals surface area contributed by atoms with Crippen LogP contribution in [0.1, 0.15) is 53.4 Å². The summed E-state index contributed by atoms with van der Waals surface area (Å²) in [5.41, 5.74) is 2.49. The van der Waals surface area contributed by atoms with E-state index in [4.69, 9.17) is 4.74 Å². The van der Waals surface area contributed by atoms with Crippen molar-refractivity contribution in [1.29, 1.82) is 0 Å². The maximum Gasteiger partial charge on any atom is 0.159 e. The molecule has 0 amide bonds. The minimum atomic E-state index is 0.199. The van der Waals surface area contributed by atoms with Crippen LogP contribution in [-0.4, -0.2) is 19.0 Å². The molecule has 0 aromatic heterocycles. The van der Waals surface area contributed by atoms with Gasteiger partial charge in [0.25, 0.3) is 0 Å². The molecule has 0 N–H and O–H groups in total. The summed E-state index contributed by atoms with van der Waals surface area (Å²) >= 11 is 0. The second kappa shape index (κ2) is 4.80. The molecule has 0 heterocycles. The summed E-state index contributed by atoms with van der Waals surface area (Å²) in [6.45, 7) is 8.74. The van der Waals surface area contributed by atoms with Gasteiger partial charge in [-0.1, -0.05) is 19.4 Å². The van der Waals surface area contributed by atoms with Crippen LogP contribution in [0.25, 0.3) is 0 Å². The average molecular weight is 250 g/mol.